The van der Waals surface area contributed by atoms with Crippen LogP contribution in [0.3, 0.4) is 0 Å². The van der Waals surface area contributed by atoms with Gasteiger partial charge in [-0.15, -0.1) is 11.3 Å². The molecule has 0 aliphatic heterocycles. The fourth-order valence-corrected chi connectivity index (χ4v) is 2.37. The van der Waals surface area contributed by atoms with Crippen molar-refractivity contribution in [3.05, 3.63) is 20.8 Å². The number of halogens is 1. The van der Waals surface area contributed by atoms with Crippen molar-refractivity contribution in [2.45, 2.75) is 26.4 Å². The van der Waals surface area contributed by atoms with Crippen LogP contribution in [0, 0.1) is 0 Å². The van der Waals surface area contributed by atoms with Crippen LogP contribution in [-0.4, -0.2) is 19.1 Å². The molecule has 1 rings (SSSR count). The highest BCUT2D eigenvalue weighted by Crippen LogP contribution is 2.20. The smallest absolute Gasteiger partial charge is 0.0701 e. The van der Waals surface area contributed by atoms with Crippen molar-refractivity contribution in [1.29, 1.82) is 0 Å². The molecule has 1 unspecified atom stereocenters. The van der Waals surface area contributed by atoms with Gasteiger partial charge in [-0.2, -0.15) is 0 Å². The third-order valence-corrected chi connectivity index (χ3v) is 3.53. The maximum atomic E-state index is 3.47. The lowest BCUT2D eigenvalue weighted by molar-refractivity contribution is 0.509. The first-order valence-corrected chi connectivity index (χ1v) is 6.56. The summed E-state index contributed by atoms with van der Waals surface area (Å²) in [5.41, 5.74) is 1.35. The van der Waals surface area contributed by atoms with Crippen molar-refractivity contribution < 1.29 is 0 Å². The molecule has 1 aromatic rings. The molecule has 4 heteroatoms. The van der Waals surface area contributed by atoms with Gasteiger partial charge in [0.1, 0.15) is 0 Å². The van der Waals surface area contributed by atoms with E-state index in [9.17, 15) is 0 Å². The Labute approximate surface area is 98.2 Å². The van der Waals surface area contributed by atoms with Crippen LogP contribution in [0.2, 0.25) is 0 Å². The van der Waals surface area contributed by atoms with E-state index in [1.54, 1.807) is 11.3 Å². The summed E-state index contributed by atoms with van der Waals surface area (Å²) in [4.78, 5) is 0. The Morgan fingerprint density at radius 2 is 2.36 bits per heavy atom. The first-order valence-electron chi connectivity index (χ1n) is 4.89. The Morgan fingerprint density at radius 1 is 1.57 bits per heavy atom. The van der Waals surface area contributed by atoms with Crippen LogP contribution in [0.25, 0.3) is 0 Å². The first kappa shape index (κ1) is 12.2. The van der Waals surface area contributed by atoms with Crippen molar-refractivity contribution in [3.8, 4) is 0 Å². The summed E-state index contributed by atoms with van der Waals surface area (Å²) < 4.78 is 1.20. The summed E-state index contributed by atoms with van der Waals surface area (Å²) in [6.45, 7) is 7.35. The standard InChI is InChI=1S/C10H17BrN2S/c1-3-12-5-8(2)13-6-9-4-10(11)14-7-9/h4,7-8,12-13H,3,5-6H2,1-2H3. The predicted octanol–water partition coefficient (Wildman–Crippen LogP) is 2.60. The van der Waals surface area contributed by atoms with Crippen molar-refractivity contribution in [2.24, 2.45) is 0 Å². The Hall–Kier alpha value is 0.100. The molecule has 1 aromatic heterocycles. The molecule has 2 nitrogen and oxygen atoms in total. The molecule has 0 bridgehead atoms. The number of hydrogen-bond acceptors (Lipinski definition) is 3. The second-order valence-electron chi connectivity index (χ2n) is 3.35. The van der Waals surface area contributed by atoms with E-state index in [4.69, 9.17) is 0 Å². The first-order chi connectivity index (χ1) is 6.72. The topological polar surface area (TPSA) is 24.1 Å². The van der Waals surface area contributed by atoms with Crippen LogP contribution < -0.4 is 10.6 Å². The molecule has 1 atom stereocenters. The zero-order valence-corrected chi connectivity index (χ0v) is 11.0. The third-order valence-electron chi connectivity index (χ3n) is 1.98. The zero-order valence-electron chi connectivity index (χ0n) is 8.64. The maximum absolute atomic E-state index is 3.47. The minimum atomic E-state index is 0.522. The summed E-state index contributed by atoms with van der Waals surface area (Å²) in [6.07, 6.45) is 0. The van der Waals surface area contributed by atoms with Crippen molar-refractivity contribution in [1.82, 2.24) is 10.6 Å². The van der Waals surface area contributed by atoms with Gasteiger partial charge in [-0.1, -0.05) is 6.92 Å². The van der Waals surface area contributed by atoms with Gasteiger partial charge in [0.15, 0.2) is 0 Å². The second-order valence-corrected chi connectivity index (χ2v) is 5.64. The van der Waals surface area contributed by atoms with Gasteiger partial charge in [0.05, 0.1) is 3.79 Å². The van der Waals surface area contributed by atoms with E-state index in [-0.39, 0.29) is 0 Å². The summed E-state index contributed by atoms with van der Waals surface area (Å²) in [7, 11) is 0. The van der Waals surface area contributed by atoms with Gasteiger partial charge in [-0.3, -0.25) is 0 Å². The van der Waals surface area contributed by atoms with E-state index in [0.29, 0.717) is 6.04 Å². The van der Waals surface area contributed by atoms with Gasteiger partial charge in [-0.05, 0) is 46.4 Å². The molecule has 0 aliphatic carbocycles. The molecule has 2 N–H and O–H groups in total. The molecule has 0 saturated heterocycles. The normalized spacial score (nSPS) is 13.1. The number of nitrogens with one attached hydrogen (secondary N) is 2. The minimum Gasteiger partial charge on any atom is -0.315 e. The number of thiophene rings is 1. The molecule has 0 spiro atoms. The Balaban J connectivity index is 2.20. The van der Waals surface area contributed by atoms with Crippen molar-refractivity contribution in [2.75, 3.05) is 13.1 Å². The number of likely N-dealkylation sites (N-methyl/N-ethyl adjacent to an activating group) is 1. The van der Waals surface area contributed by atoms with E-state index in [0.717, 1.165) is 19.6 Å². The van der Waals surface area contributed by atoms with Crippen LogP contribution in [0.15, 0.2) is 15.2 Å². The summed E-state index contributed by atoms with van der Waals surface area (Å²) >= 11 is 5.19. The molecule has 0 radical (unpaired) electrons. The lowest BCUT2D eigenvalue weighted by Crippen LogP contribution is -2.35. The average molecular weight is 277 g/mol. The van der Waals surface area contributed by atoms with Crippen molar-refractivity contribution >= 4 is 27.3 Å². The molecule has 0 fully saturated rings. The molecule has 1 heterocycles. The molecular weight excluding hydrogens is 260 g/mol. The van der Waals surface area contributed by atoms with Crippen LogP contribution in [0.1, 0.15) is 19.4 Å². The fourth-order valence-electron chi connectivity index (χ4n) is 1.16. The van der Waals surface area contributed by atoms with Gasteiger partial charge in [0.2, 0.25) is 0 Å². The summed E-state index contributed by atoms with van der Waals surface area (Å²) in [5.74, 6) is 0. The van der Waals surface area contributed by atoms with Crippen LogP contribution in [0.5, 0.6) is 0 Å². The van der Waals surface area contributed by atoms with Crippen molar-refractivity contribution in [3.63, 3.8) is 0 Å². The van der Waals surface area contributed by atoms with E-state index >= 15 is 0 Å². The third kappa shape index (κ3) is 4.55. The van der Waals surface area contributed by atoms with E-state index in [2.05, 4.69) is 51.9 Å². The monoisotopic (exact) mass is 276 g/mol. The highest BCUT2D eigenvalue weighted by molar-refractivity contribution is 9.11. The van der Waals surface area contributed by atoms with E-state index < -0.39 is 0 Å². The zero-order chi connectivity index (χ0) is 10.4. The molecule has 0 aliphatic rings. The lowest BCUT2D eigenvalue weighted by Gasteiger charge is -2.13. The molecule has 14 heavy (non-hydrogen) atoms. The molecule has 0 aromatic carbocycles. The Bertz CT molecular complexity index is 262. The summed E-state index contributed by atoms with van der Waals surface area (Å²) in [6, 6.07) is 2.69. The predicted molar refractivity (Wildman–Crippen MR) is 66.9 cm³/mol. The Morgan fingerprint density at radius 3 is 2.93 bits per heavy atom. The largest absolute Gasteiger partial charge is 0.315 e. The highest BCUT2D eigenvalue weighted by atomic mass is 79.9. The van der Waals surface area contributed by atoms with Gasteiger partial charge < -0.3 is 10.6 Å². The molecule has 0 saturated carbocycles. The van der Waals surface area contributed by atoms with Crippen LogP contribution >= 0.6 is 27.3 Å². The summed E-state index contributed by atoms with van der Waals surface area (Å²) in [5, 5.41) is 8.97. The molecular formula is C10H17BrN2S. The quantitative estimate of drug-likeness (QED) is 0.835. The number of hydrogen-bond donors (Lipinski definition) is 2. The lowest BCUT2D eigenvalue weighted by atomic mass is 10.3. The van der Waals surface area contributed by atoms with Gasteiger partial charge in [0.25, 0.3) is 0 Å². The van der Waals surface area contributed by atoms with E-state index in [1.807, 2.05) is 0 Å². The number of rotatable bonds is 6. The average Bonchev–Trinajstić information content (AvgIpc) is 2.58. The molecule has 80 valence electrons. The fraction of sp³-hybridized carbons (Fsp3) is 0.600. The molecule has 0 amide bonds. The van der Waals surface area contributed by atoms with E-state index in [1.165, 1.54) is 9.35 Å². The maximum Gasteiger partial charge on any atom is 0.0701 e. The van der Waals surface area contributed by atoms with Gasteiger partial charge in [-0.25, -0.2) is 0 Å². The highest BCUT2D eigenvalue weighted by Gasteiger charge is 2.01. The van der Waals surface area contributed by atoms with Crippen LogP contribution in [0.4, 0.5) is 0 Å². The SMILES string of the molecule is CCNCC(C)NCc1csc(Br)c1. The minimum absolute atomic E-state index is 0.522. The second kappa shape index (κ2) is 6.56. The van der Waals surface area contributed by atoms with Gasteiger partial charge in [0, 0.05) is 19.1 Å². The van der Waals surface area contributed by atoms with Gasteiger partial charge >= 0.3 is 0 Å². The van der Waals surface area contributed by atoms with Crippen LogP contribution in [-0.2, 0) is 6.54 Å². The Kier molecular flexibility index (Phi) is 5.70.